The van der Waals surface area contributed by atoms with E-state index in [2.05, 4.69) is 50.3 Å². The van der Waals surface area contributed by atoms with E-state index in [4.69, 9.17) is 18.5 Å². The molecular weight excluding hydrogens is 737 g/mol. The van der Waals surface area contributed by atoms with Gasteiger partial charge in [0, 0.05) is 12.8 Å². The van der Waals surface area contributed by atoms with Crippen LogP contribution in [0.1, 0.15) is 162 Å². The van der Waals surface area contributed by atoms with Gasteiger partial charge in [-0.1, -0.05) is 164 Å². The summed E-state index contributed by atoms with van der Waals surface area (Å²) in [6, 6.07) is 0. The van der Waals surface area contributed by atoms with Crippen molar-refractivity contribution in [1.82, 2.24) is 0 Å². The minimum Gasteiger partial charge on any atom is -0.462 e. The van der Waals surface area contributed by atoms with Crippen LogP contribution in [0, 0.1) is 0 Å². The maximum Gasteiger partial charge on any atom is 0.472 e. The highest BCUT2D eigenvalue weighted by atomic mass is 31.2. The van der Waals surface area contributed by atoms with Gasteiger partial charge in [0.05, 0.1) is 27.7 Å². The molecule has 0 aliphatic rings. The Bertz CT molecular complexity index is 1200. The zero-order chi connectivity index (χ0) is 42.1. The molecule has 0 saturated carbocycles. The number of hydrogen-bond donors (Lipinski definition) is 1. The number of unbranched alkanes of at least 4 members (excludes halogenated alkanes) is 17. The topological polar surface area (TPSA) is 108 Å². The van der Waals surface area contributed by atoms with Crippen LogP contribution in [0.5, 0.6) is 0 Å². The minimum absolute atomic E-state index is 0.0195. The van der Waals surface area contributed by atoms with Crippen molar-refractivity contribution in [1.29, 1.82) is 0 Å². The lowest BCUT2D eigenvalue weighted by Crippen LogP contribution is -2.37. The van der Waals surface area contributed by atoms with Gasteiger partial charge in [-0.05, 0) is 57.8 Å². The van der Waals surface area contributed by atoms with Crippen LogP contribution in [0.3, 0.4) is 0 Å². The summed E-state index contributed by atoms with van der Waals surface area (Å²) in [6.45, 7) is 4.19. The third kappa shape index (κ3) is 42.9. The number of quaternary nitrogens is 1. The molecular formula is C47H83NO8P+. The standard InChI is InChI=1S/C47H82NO8P/c1-6-8-10-12-14-16-18-20-21-22-23-24-25-26-28-29-31-33-35-37-39-46(49)53-43-45(44-55-57(51,52)54-42-41-48(3,4)5)56-47(50)40-38-36-34-32-30-27-19-17-15-13-11-9-7-2/h9,11,13,15-21,27,30,45H,6-8,10,12,14,22-26,28-29,31-44H2,1-5H3/p+1/b11-9+,15-13+,18-16+,19-17+,21-20+,30-27+. The maximum atomic E-state index is 12.7. The molecule has 10 heteroatoms. The van der Waals surface area contributed by atoms with Gasteiger partial charge in [0.1, 0.15) is 19.8 Å². The third-order valence-electron chi connectivity index (χ3n) is 9.09. The normalized spacial score (nSPS) is 14.3. The smallest absolute Gasteiger partial charge is 0.462 e. The first-order chi connectivity index (χ1) is 27.5. The van der Waals surface area contributed by atoms with Crippen molar-refractivity contribution < 1.29 is 42.1 Å². The number of nitrogens with zero attached hydrogens (tertiary/aromatic N) is 1. The van der Waals surface area contributed by atoms with Gasteiger partial charge in [0.2, 0.25) is 0 Å². The summed E-state index contributed by atoms with van der Waals surface area (Å²) in [7, 11) is 1.43. The Morgan fingerprint density at radius 1 is 0.561 bits per heavy atom. The number of phosphoric ester groups is 1. The molecule has 9 nitrogen and oxygen atoms in total. The van der Waals surface area contributed by atoms with Crippen molar-refractivity contribution in [2.24, 2.45) is 0 Å². The van der Waals surface area contributed by atoms with Gasteiger partial charge < -0.3 is 18.9 Å². The lowest BCUT2D eigenvalue weighted by molar-refractivity contribution is -0.870. The molecule has 0 aromatic rings. The largest absolute Gasteiger partial charge is 0.472 e. The van der Waals surface area contributed by atoms with Crippen LogP contribution in [0.2, 0.25) is 0 Å². The summed E-state index contributed by atoms with van der Waals surface area (Å²) in [5, 5.41) is 0. The summed E-state index contributed by atoms with van der Waals surface area (Å²) < 4.78 is 34.2. The zero-order valence-electron chi connectivity index (χ0n) is 36.8. The fourth-order valence-corrected chi connectivity index (χ4v) is 6.34. The monoisotopic (exact) mass is 821 g/mol. The van der Waals surface area contributed by atoms with E-state index in [0.717, 1.165) is 51.4 Å². The molecule has 0 aliphatic carbocycles. The van der Waals surface area contributed by atoms with Crippen LogP contribution in [0.4, 0.5) is 0 Å². The van der Waals surface area contributed by atoms with Crippen molar-refractivity contribution in [2.45, 2.75) is 168 Å². The van der Waals surface area contributed by atoms with Crippen molar-refractivity contribution >= 4 is 19.8 Å². The van der Waals surface area contributed by atoms with Gasteiger partial charge >= 0.3 is 19.8 Å². The number of phosphoric acid groups is 1. The van der Waals surface area contributed by atoms with Crippen molar-refractivity contribution in [2.75, 3.05) is 47.5 Å². The molecule has 0 fully saturated rings. The summed E-state index contributed by atoms with van der Waals surface area (Å²) in [4.78, 5) is 35.3. The summed E-state index contributed by atoms with van der Waals surface area (Å²) in [5.74, 6) is -0.854. The van der Waals surface area contributed by atoms with Crippen molar-refractivity contribution in [3.05, 3.63) is 72.9 Å². The molecule has 2 atom stereocenters. The van der Waals surface area contributed by atoms with Gasteiger partial charge in [-0.25, -0.2) is 4.57 Å². The minimum atomic E-state index is -4.39. The van der Waals surface area contributed by atoms with Gasteiger partial charge in [-0.2, -0.15) is 0 Å². The molecule has 0 aromatic carbocycles. The molecule has 0 aliphatic heterocycles. The lowest BCUT2D eigenvalue weighted by atomic mass is 10.1. The van der Waals surface area contributed by atoms with E-state index < -0.39 is 26.5 Å². The zero-order valence-corrected chi connectivity index (χ0v) is 37.7. The maximum absolute atomic E-state index is 12.7. The van der Waals surface area contributed by atoms with Crippen molar-refractivity contribution in [3.63, 3.8) is 0 Å². The first kappa shape index (κ1) is 54.5. The van der Waals surface area contributed by atoms with Gasteiger partial charge in [0.25, 0.3) is 0 Å². The van der Waals surface area contributed by atoms with Crippen molar-refractivity contribution in [3.8, 4) is 0 Å². The molecule has 0 bridgehead atoms. The Morgan fingerprint density at radius 2 is 1.00 bits per heavy atom. The molecule has 0 radical (unpaired) electrons. The highest BCUT2D eigenvalue weighted by Crippen LogP contribution is 2.43. The predicted molar refractivity (Wildman–Crippen MR) is 238 cm³/mol. The SMILES string of the molecule is CC/C=C/C=C/C=C/C=C/CCCCCC(=O)OC(COC(=O)CCCCCCCCCCCC/C=C/C=C/CCCCCC)COP(=O)(O)OCC[N+](C)(C)C. The van der Waals surface area contributed by atoms with Crippen LogP contribution in [-0.2, 0) is 32.7 Å². The van der Waals surface area contributed by atoms with Crippen LogP contribution in [-0.4, -0.2) is 74.9 Å². The predicted octanol–water partition coefficient (Wildman–Crippen LogP) is 12.6. The Morgan fingerprint density at radius 3 is 1.53 bits per heavy atom. The van der Waals surface area contributed by atoms with Crippen LogP contribution >= 0.6 is 7.82 Å². The molecule has 57 heavy (non-hydrogen) atoms. The van der Waals surface area contributed by atoms with E-state index >= 15 is 0 Å². The number of rotatable bonds is 39. The van der Waals surface area contributed by atoms with Crippen LogP contribution < -0.4 is 0 Å². The summed E-state index contributed by atoms with van der Waals surface area (Å²) >= 11 is 0. The van der Waals surface area contributed by atoms with Gasteiger partial charge in [0.15, 0.2) is 6.10 Å². The molecule has 0 saturated heterocycles. The molecule has 1 N–H and O–H groups in total. The second-order valence-electron chi connectivity index (χ2n) is 15.8. The average Bonchev–Trinajstić information content (AvgIpc) is 3.16. The molecule has 0 amide bonds. The van der Waals surface area contributed by atoms with E-state index in [0.29, 0.717) is 17.4 Å². The highest BCUT2D eigenvalue weighted by molar-refractivity contribution is 7.47. The van der Waals surface area contributed by atoms with Gasteiger partial charge in [-0.3, -0.25) is 18.6 Å². The fourth-order valence-electron chi connectivity index (χ4n) is 5.60. The average molecular weight is 821 g/mol. The number of likely N-dealkylation sites (N-methyl/N-ethyl adjacent to an activating group) is 1. The third-order valence-corrected chi connectivity index (χ3v) is 10.1. The fraction of sp³-hybridized carbons (Fsp3) is 0.702. The molecule has 2 unspecified atom stereocenters. The second-order valence-corrected chi connectivity index (χ2v) is 17.3. The van der Waals surface area contributed by atoms with E-state index in [9.17, 15) is 19.0 Å². The molecule has 0 heterocycles. The Labute approximate surface area is 348 Å². The number of esters is 2. The first-order valence-corrected chi connectivity index (χ1v) is 23.7. The number of carbonyl (C=O) groups excluding carboxylic acids is 2. The number of hydrogen-bond acceptors (Lipinski definition) is 7. The molecule has 328 valence electrons. The molecule has 0 spiro atoms. The molecule has 0 rings (SSSR count). The van der Waals surface area contributed by atoms with Gasteiger partial charge in [-0.15, -0.1) is 0 Å². The Hall–Kier alpha value is -2.55. The van der Waals surface area contributed by atoms with Crippen LogP contribution in [0.15, 0.2) is 72.9 Å². The lowest BCUT2D eigenvalue weighted by Gasteiger charge is -2.24. The summed E-state index contributed by atoms with van der Waals surface area (Å²) in [6.07, 6.45) is 48.1. The quantitative estimate of drug-likeness (QED) is 0.0215. The van der Waals surface area contributed by atoms with E-state index in [1.807, 2.05) is 57.6 Å². The van der Waals surface area contributed by atoms with E-state index in [1.54, 1.807) is 0 Å². The molecule has 0 aromatic heterocycles. The highest BCUT2D eigenvalue weighted by Gasteiger charge is 2.27. The first-order valence-electron chi connectivity index (χ1n) is 22.2. The van der Waals surface area contributed by atoms with Crippen LogP contribution in [0.25, 0.3) is 0 Å². The second kappa shape index (κ2) is 38.9. The van der Waals surface area contributed by atoms with E-state index in [1.165, 1.54) is 77.0 Å². The number of ether oxygens (including phenoxy) is 2. The van der Waals surface area contributed by atoms with E-state index in [-0.39, 0.29) is 32.0 Å². The Kier molecular flexibility index (Phi) is 37.2. The Balaban J connectivity index is 4.36. The number of carbonyl (C=O) groups is 2. The summed E-state index contributed by atoms with van der Waals surface area (Å²) in [5.41, 5.74) is 0. The number of allylic oxidation sites excluding steroid dienone is 12.